The zero-order valence-electron chi connectivity index (χ0n) is 15.5. The number of ketones is 1. The molecule has 3 rings (SSSR count). The normalized spacial score (nSPS) is 10.0. The third kappa shape index (κ3) is 4.92. The molecule has 5 nitrogen and oxygen atoms in total. The van der Waals surface area contributed by atoms with Crippen LogP contribution in [0.15, 0.2) is 61.1 Å². The van der Waals surface area contributed by atoms with Crippen LogP contribution in [0, 0.1) is 6.92 Å². The van der Waals surface area contributed by atoms with Gasteiger partial charge in [-0.1, -0.05) is 23.8 Å². The summed E-state index contributed by atoms with van der Waals surface area (Å²) in [5.41, 5.74) is 3.69. The Balaban J connectivity index is 0.00000261. The van der Waals surface area contributed by atoms with E-state index in [-0.39, 0.29) is 29.3 Å². The molecule has 0 N–H and O–H groups in total. The summed E-state index contributed by atoms with van der Waals surface area (Å²) in [6.45, 7) is 2.25. The largest absolute Gasteiger partial charge is 0.493 e. The molecule has 0 unspecified atom stereocenters. The van der Waals surface area contributed by atoms with E-state index in [4.69, 9.17) is 9.47 Å². The van der Waals surface area contributed by atoms with Crippen LogP contribution < -0.4 is 14.0 Å². The average molecular weight is 430 g/mol. The number of hydrogen-bond donors (Lipinski definition) is 0. The third-order valence-electron chi connectivity index (χ3n) is 4.11. The fourth-order valence-electron chi connectivity index (χ4n) is 2.72. The van der Waals surface area contributed by atoms with Crippen molar-refractivity contribution < 1.29 is 18.8 Å². The first-order valence-corrected chi connectivity index (χ1v) is 8.28. The molecular formula is C21H22BrN2O3+. The predicted molar refractivity (Wildman–Crippen MR) is 109 cm³/mol. The van der Waals surface area contributed by atoms with E-state index in [1.807, 2.05) is 24.4 Å². The minimum Gasteiger partial charge on any atom is -0.493 e. The van der Waals surface area contributed by atoms with Gasteiger partial charge < -0.3 is 9.47 Å². The van der Waals surface area contributed by atoms with Gasteiger partial charge in [-0.3, -0.25) is 4.79 Å². The third-order valence-corrected chi connectivity index (χ3v) is 4.11. The van der Waals surface area contributed by atoms with Crippen LogP contribution in [0.5, 0.6) is 11.5 Å². The average Bonchev–Trinajstić information content (AvgIpc) is 2.68. The Bertz CT molecular complexity index is 927. The van der Waals surface area contributed by atoms with E-state index in [1.54, 1.807) is 43.3 Å². The summed E-state index contributed by atoms with van der Waals surface area (Å²) >= 11 is 0. The lowest BCUT2D eigenvalue weighted by atomic mass is 10.1. The van der Waals surface area contributed by atoms with Gasteiger partial charge in [-0.15, -0.1) is 17.0 Å². The number of hydrogen-bond acceptors (Lipinski definition) is 4. The van der Waals surface area contributed by atoms with Gasteiger partial charge in [0.15, 0.2) is 23.7 Å². The van der Waals surface area contributed by atoms with E-state index < -0.39 is 0 Å². The first kappa shape index (κ1) is 20.6. The smallest absolute Gasteiger partial charge is 0.287 e. The van der Waals surface area contributed by atoms with Crippen molar-refractivity contribution in [1.82, 2.24) is 4.98 Å². The monoisotopic (exact) mass is 429 g/mol. The van der Waals surface area contributed by atoms with Crippen LogP contribution in [-0.4, -0.2) is 25.0 Å². The van der Waals surface area contributed by atoms with Gasteiger partial charge in [0.2, 0.25) is 5.78 Å². The minimum atomic E-state index is -0.0268. The summed E-state index contributed by atoms with van der Waals surface area (Å²) in [6, 6.07) is 15.2. The summed E-state index contributed by atoms with van der Waals surface area (Å²) in [6.07, 6.45) is 3.54. The number of rotatable bonds is 6. The quantitative estimate of drug-likeness (QED) is 0.441. The molecule has 0 saturated heterocycles. The SMILES string of the molecule is Br.COc1ccc(C(=O)C[n+]2ccc(-c3cccc(C)c3)nc2)cc1OC. The van der Waals surface area contributed by atoms with Gasteiger partial charge in [0, 0.05) is 17.2 Å². The van der Waals surface area contributed by atoms with Crippen molar-refractivity contribution in [2.45, 2.75) is 13.5 Å². The van der Waals surface area contributed by atoms with Crippen molar-refractivity contribution in [2.75, 3.05) is 14.2 Å². The molecule has 6 heteroatoms. The van der Waals surface area contributed by atoms with E-state index in [1.165, 1.54) is 5.56 Å². The maximum atomic E-state index is 12.5. The number of Topliss-reactive ketones (excluding diaryl/α,β-unsaturated/α-hetero) is 1. The molecule has 0 spiro atoms. The second-order valence-electron chi connectivity index (χ2n) is 5.98. The lowest BCUT2D eigenvalue weighted by molar-refractivity contribution is -0.686. The van der Waals surface area contributed by atoms with Crippen molar-refractivity contribution in [3.8, 4) is 22.8 Å². The molecule has 0 bridgehead atoms. The van der Waals surface area contributed by atoms with Crippen molar-refractivity contribution in [3.05, 3.63) is 72.2 Å². The molecule has 3 aromatic rings. The molecule has 0 fully saturated rings. The number of benzene rings is 2. The number of nitrogens with zero attached hydrogens (tertiary/aromatic N) is 2. The fourth-order valence-corrected chi connectivity index (χ4v) is 2.72. The lowest BCUT2D eigenvalue weighted by Gasteiger charge is -2.08. The molecule has 0 aliphatic rings. The minimum absolute atomic E-state index is 0. The molecule has 0 radical (unpaired) electrons. The summed E-state index contributed by atoms with van der Waals surface area (Å²) in [4.78, 5) is 17.0. The number of aryl methyl sites for hydroxylation is 1. The van der Waals surface area contributed by atoms with Gasteiger partial charge in [-0.2, -0.15) is 0 Å². The highest BCUT2D eigenvalue weighted by Crippen LogP contribution is 2.27. The highest BCUT2D eigenvalue weighted by atomic mass is 79.9. The van der Waals surface area contributed by atoms with E-state index in [0.717, 1.165) is 11.3 Å². The number of methoxy groups -OCH3 is 2. The van der Waals surface area contributed by atoms with E-state index in [9.17, 15) is 4.79 Å². The Morgan fingerprint density at radius 3 is 2.44 bits per heavy atom. The van der Waals surface area contributed by atoms with Crippen LogP contribution >= 0.6 is 17.0 Å². The standard InChI is InChI=1S/C21H21N2O3.BrH/c1-15-5-4-6-16(11-15)18-9-10-23(14-22-18)13-19(24)17-7-8-20(25-2)21(12-17)26-3;/h4-12,14H,13H2,1-3H3;1H/q+1;. The number of ether oxygens (including phenoxy) is 2. The van der Waals surface area contributed by atoms with Gasteiger partial charge in [-0.05, 0) is 36.2 Å². The van der Waals surface area contributed by atoms with Gasteiger partial charge in [0.05, 0.1) is 20.4 Å². The van der Waals surface area contributed by atoms with Gasteiger partial charge >= 0.3 is 0 Å². The Morgan fingerprint density at radius 1 is 1.04 bits per heavy atom. The summed E-state index contributed by atoms with van der Waals surface area (Å²) in [5, 5.41) is 0. The Hall–Kier alpha value is -2.73. The maximum absolute atomic E-state index is 12.5. The maximum Gasteiger partial charge on any atom is 0.287 e. The topological polar surface area (TPSA) is 52.3 Å². The second kappa shape index (κ2) is 9.28. The summed E-state index contributed by atoms with van der Waals surface area (Å²) < 4.78 is 12.2. The molecule has 0 amide bonds. The van der Waals surface area contributed by atoms with Crippen LogP contribution in [0.3, 0.4) is 0 Å². The number of carbonyl (C=O) groups excluding carboxylic acids is 1. The highest BCUT2D eigenvalue weighted by Gasteiger charge is 2.14. The van der Waals surface area contributed by atoms with E-state index in [2.05, 4.69) is 24.0 Å². The Kier molecular flexibility index (Phi) is 7.07. The van der Waals surface area contributed by atoms with Crippen LogP contribution in [-0.2, 0) is 6.54 Å². The number of carbonyl (C=O) groups is 1. The molecule has 0 atom stereocenters. The lowest BCUT2D eigenvalue weighted by Crippen LogP contribution is -2.37. The molecule has 27 heavy (non-hydrogen) atoms. The number of aromatic nitrogens is 2. The number of halogens is 1. The molecule has 2 aromatic carbocycles. The first-order valence-electron chi connectivity index (χ1n) is 8.28. The van der Waals surface area contributed by atoms with Crippen LogP contribution in [0.2, 0.25) is 0 Å². The van der Waals surface area contributed by atoms with E-state index >= 15 is 0 Å². The Morgan fingerprint density at radius 2 is 1.81 bits per heavy atom. The summed E-state index contributed by atoms with van der Waals surface area (Å²) in [7, 11) is 3.12. The van der Waals surface area contributed by atoms with Crippen LogP contribution in [0.25, 0.3) is 11.3 Å². The Labute approximate surface area is 169 Å². The zero-order valence-corrected chi connectivity index (χ0v) is 17.2. The van der Waals surface area contributed by atoms with Crippen molar-refractivity contribution in [2.24, 2.45) is 0 Å². The molecular weight excluding hydrogens is 408 g/mol. The van der Waals surface area contributed by atoms with Crippen molar-refractivity contribution >= 4 is 22.8 Å². The predicted octanol–water partition coefficient (Wildman–Crippen LogP) is 3.82. The van der Waals surface area contributed by atoms with Gasteiger partial charge in [0.1, 0.15) is 0 Å². The molecule has 0 aliphatic carbocycles. The molecule has 140 valence electrons. The fraction of sp³-hybridized carbons (Fsp3) is 0.190. The van der Waals surface area contributed by atoms with Gasteiger partial charge in [-0.25, -0.2) is 4.57 Å². The van der Waals surface area contributed by atoms with Crippen molar-refractivity contribution in [1.29, 1.82) is 0 Å². The van der Waals surface area contributed by atoms with Crippen LogP contribution in [0.1, 0.15) is 15.9 Å². The first-order chi connectivity index (χ1) is 12.6. The van der Waals surface area contributed by atoms with Crippen LogP contribution in [0.4, 0.5) is 0 Å². The van der Waals surface area contributed by atoms with Crippen molar-refractivity contribution in [3.63, 3.8) is 0 Å². The zero-order chi connectivity index (χ0) is 18.5. The highest BCUT2D eigenvalue weighted by molar-refractivity contribution is 8.93. The van der Waals surface area contributed by atoms with Gasteiger partial charge in [0.25, 0.3) is 6.33 Å². The molecule has 0 saturated carbocycles. The molecule has 1 heterocycles. The molecule has 0 aliphatic heterocycles. The summed E-state index contributed by atoms with van der Waals surface area (Å²) in [5.74, 6) is 1.11. The van der Waals surface area contributed by atoms with E-state index in [0.29, 0.717) is 17.1 Å². The molecule has 1 aromatic heterocycles. The second-order valence-corrected chi connectivity index (χ2v) is 5.98.